The maximum absolute atomic E-state index is 4.30. The second-order valence-electron chi connectivity index (χ2n) is 9.44. The lowest BCUT2D eigenvalue weighted by Gasteiger charge is -2.25. The van der Waals surface area contributed by atoms with Crippen molar-refractivity contribution in [3.05, 3.63) is 65.5 Å². The third-order valence-corrected chi connectivity index (χ3v) is 4.13. The topological polar surface area (TPSA) is 16.1 Å². The number of hydrogen-bond donors (Lipinski definition) is 0. The number of aryl methyl sites for hydroxylation is 1. The SMILES string of the molecule is CC(C)(C)CN1CCCC1.CCC.CCC.Cc1ccc(Cc2ccccn2)cc1. The van der Waals surface area contributed by atoms with Crippen LogP contribution in [0.4, 0.5) is 0 Å². The summed E-state index contributed by atoms with van der Waals surface area (Å²) in [5.41, 5.74) is 4.23. The van der Waals surface area contributed by atoms with Crippen LogP contribution in [0.3, 0.4) is 0 Å². The van der Waals surface area contributed by atoms with Crippen molar-refractivity contribution in [2.24, 2.45) is 5.41 Å². The van der Waals surface area contributed by atoms with Crippen LogP contribution in [-0.2, 0) is 6.42 Å². The van der Waals surface area contributed by atoms with Gasteiger partial charge in [0.25, 0.3) is 0 Å². The summed E-state index contributed by atoms with van der Waals surface area (Å²) in [6.45, 7) is 21.5. The first-order chi connectivity index (χ1) is 14.3. The molecule has 0 N–H and O–H groups in total. The van der Waals surface area contributed by atoms with E-state index in [2.05, 4.69) is 95.6 Å². The molecular weight excluding hydrogens is 364 g/mol. The molecule has 0 bridgehead atoms. The number of rotatable bonds is 3. The van der Waals surface area contributed by atoms with E-state index in [0.717, 1.165) is 12.1 Å². The van der Waals surface area contributed by atoms with Crippen molar-refractivity contribution in [1.82, 2.24) is 9.88 Å². The molecule has 0 saturated carbocycles. The average Bonchev–Trinajstić information content (AvgIpc) is 3.18. The zero-order chi connectivity index (χ0) is 22.8. The van der Waals surface area contributed by atoms with Crippen molar-refractivity contribution >= 4 is 0 Å². The fourth-order valence-electron chi connectivity index (χ4n) is 3.03. The Balaban J connectivity index is 0.000000460. The first kappa shape index (κ1) is 28.3. The molecule has 1 aliphatic heterocycles. The van der Waals surface area contributed by atoms with Crippen molar-refractivity contribution in [3.63, 3.8) is 0 Å². The highest BCUT2D eigenvalue weighted by atomic mass is 15.1. The van der Waals surface area contributed by atoms with Gasteiger partial charge in [0.2, 0.25) is 0 Å². The van der Waals surface area contributed by atoms with E-state index >= 15 is 0 Å². The van der Waals surface area contributed by atoms with Crippen LogP contribution in [0, 0.1) is 12.3 Å². The smallest absolute Gasteiger partial charge is 0.0447 e. The summed E-state index contributed by atoms with van der Waals surface area (Å²) >= 11 is 0. The van der Waals surface area contributed by atoms with Crippen LogP contribution in [0.25, 0.3) is 0 Å². The summed E-state index contributed by atoms with van der Waals surface area (Å²) < 4.78 is 0. The molecule has 0 amide bonds. The summed E-state index contributed by atoms with van der Waals surface area (Å²) in [5, 5.41) is 0. The predicted octanol–water partition coefficient (Wildman–Crippen LogP) is 7.94. The third-order valence-electron chi connectivity index (χ3n) is 4.13. The Morgan fingerprint density at radius 2 is 1.37 bits per heavy atom. The van der Waals surface area contributed by atoms with E-state index in [0.29, 0.717) is 5.41 Å². The van der Waals surface area contributed by atoms with Crippen molar-refractivity contribution in [2.45, 2.75) is 87.5 Å². The van der Waals surface area contributed by atoms with Gasteiger partial charge < -0.3 is 4.90 Å². The molecule has 3 rings (SSSR count). The van der Waals surface area contributed by atoms with E-state index in [9.17, 15) is 0 Å². The van der Waals surface area contributed by atoms with Gasteiger partial charge in [-0.3, -0.25) is 4.98 Å². The van der Waals surface area contributed by atoms with E-state index in [1.54, 1.807) is 0 Å². The van der Waals surface area contributed by atoms with Crippen LogP contribution < -0.4 is 0 Å². The summed E-state index contributed by atoms with van der Waals surface area (Å²) in [4.78, 5) is 6.87. The van der Waals surface area contributed by atoms with Gasteiger partial charge >= 0.3 is 0 Å². The largest absolute Gasteiger partial charge is 0.303 e. The number of hydrogen-bond acceptors (Lipinski definition) is 2. The van der Waals surface area contributed by atoms with Gasteiger partial charge in [0, 0.05) is 24.9 Å². The molecule has 1 saturated heterocycles. The van der Waals surface area contributed by atoms with Gasteiger partial charge in [-0.25, -0.2) is 0 Å². The van der Waals surface area contributed by atoms with Crippen LogP contribution in [0.2, 0.25) is 0 Å². The summed E-state index contributed by atoms with van der Waals surface area (Å²) in [7, 11) is 0. The quantitative estimate of drug-likeness (QED) is 0.508. The van der Waals surface area contributed by atoms with Gasteiger partial charge in [0.05, 0.1) is 0 Å². The van der Waals surface area contributed by atoms with Gasteiger partial charge in [0.1, 0.15) is 0 Å². The number of likely N-dealkylation sites (tertiary alicyclic amines) is 1. The molecule has 0 atom stereocenters. The molecule has 1 aliphatic rings. The van der Waals surface area contributed by atoms with Gasteiger partial charge in [0.15, 0.2) is 0 Å². The van der Waals surface area contributed by atoms with E-state index < -0.39 is 0 Å². The Bertz CT molecular complexity index is 603. The average molecular weight is 413 g/mol. The minimum atomic E-state index is 0.490. The lowest BCUT2D eigenvalue weighted by molar-refractivity contribution is 0.227. The normalized spacial score (nSPS) is 13.2. The maximum atomic E-state index is 4.30. The summed E-state index contributed by atoms with van der Waals surface area (Å²) in [6.07, 6.45) is 8.08. The molecule has 2 heterocycles. The van der Waals surface area contributed by atoms with E-state index in [1.165, 1.54) is 56.4 Å². The molecule has 1 fully saturated rings. The molecule has 170 valence electrons. The second-order valence-corrected chi connectivity index (χ2v) is 9.44. The number of benzene rings is 1. The Morgan fingerprint density at radius 1 is 0.833 bits per heavy atom. The zero-order valence-electron chi connectivity index (χ0n) is 21.2. The Kier molecular flexibility index (Phi) is 16.1. The highest BCUT2D eigenvalue weighted by Gasteiger charge is 2.18. The van der Waals surface area contributed by atoms with Gasteiger partial charge in [-0.15, -0.1) is 0 Å². The highest BCUT2D eigenvalue weighted by molar-refractivity contribution is 5.25. The lowest BCUT2D eigenvalue weighted by Crippen LogP contribution is -2.29. The fraction of sp³-hybridized carbons (Fsp3) is 0.607. The summed E-state index contributed by atoms with van der Waals surface area (Å²) in [6, 6.07) is 14.6. The zero-order valence-corrected chi connectivity index (χ0v) is 21.2. The van der Waals surface area contributed by atoms with Crippen LogP contribution >= 0.6 is 0 Å². The number of pyridine rings is 1. The molecule has 2 nitrogen and oxygen atoms in total. The van der Waals surface area contributed by atoms with Crippen LogP contribution in [-0.4, -0.2) is 29.5 Å². The molecule has 0 unspecified atom stereocenters. The Hall–Kier alpha value is -1.67. The minimum absolute atomic E-state index is 0.490. The molecule has 1 aromatic carbocycles. The predicted molar refractivity (Wildman–Crippen MR) is 135 cm³/mol. The molecule has 1 aromatic heterocycles. The lowest BCUT2D eigenvalue weighted by atomic mass is 9.96. The van der Waals surface area contributed by atoms with Gasteiger partial charge in [-0.05, 0) is 56.0 Å². The van der Waals surface area contributed by atoms with Gasteiger partial charge in [-0.1, -0.05) is 97.2 Å². The molecule has 30 heavy (non-hydrogen) atoms. The first-order valence-electron chi connectivity index (χ1n) is 11.9. The molecule has 0 spiro atoms. The number of nitrogens with zero attached hydrogens (tertiary/aromatic N) is 2. The molecular formula is C28H48N2. The van der Waals surface area contributed by atoms with Crippen molar-refractivity contribution in [2.75, 3.05) is 19.6 Å². The standard InChI is InChI=1S/C13H13N.C9H19N.2C3H8/c1-11-5-7-12(8-6-11)10-13-4-2-3-9-14-13;1-9(2,3)8-10-6-4-5-7-10;2*1-3-2/h2-9H,10H2,1H3;4-8H2,1-3H3;2*3H2,1-2H3. The Labute approximate surface area is 188 Å². The molecule has 0 radical (unpaired) electrons. The number of aromatic nitrogens is 1. The first-order valence-corrected chi connectivity index (χ1v) is 11.9. The van der Waals surface area contributed by atoms with Gasteiger partial charge in [-0.2, -0.15) is 0 Å². The van der Waals surface area contributed by atoms with E-state index in [-0.39, 0.29) is 0 Å². The minimum Gasteiger partial charge on any atom is -0.303 e. The van der Waals surface area contributed by atoms with E-state index in [1.807, 2.05) is 18.3 Å². The summed E-state index contributed by atoms with van der Waals surface area (Å²) in [5.74, 6) is 0. The molecule has 2 aromatic rings. The van der Waals surface area contributed by atoms with Crippen molar-refractivity contribution in [3.8, 4) is 0 Å². The highest BCUT2D eigenvalue weighted by Crippen LogP contribution is 2.18. The van der Waals surface area contributed by atoms with Crippen molar-refractivity contribution in [1.29, 1.82) is 0 Å². The van der Waals surface area contributed by atoms with E-state index in [4.69, 9.17) is 0 Å². The molecule has 0 aliphatic carbocycles. The monoisotopic (exact) mass is 412 g/mol. The third kappa shape index (κ3) is 16.2. The fourth-order valence-corrected chi connectivity index (χ4v) is 3.03. The van der Waals surface area contributed by atoms with Crippen molar-refractivity contribution < 1.29 is 0 Å². The van der Waals surface area contributed by atoms with Crippen LogP contribution in [0.1, 0.15) is 91.0 Å². The maximum Gasteiger partial charge on any atom is 0.0447 e. The second kappa shape index (κ2) is 17.1. The molecule has 2 heteroatoms. The Morgan fingerprint density at radius 3 is 1.80 bits per heavy atom. The van der Waals surface area contributed by atoms with Crippen LogP contribution in [0.5, 0.6) is 0 Å². The van der Waals surface area contributed by atoms with Crippen LogP contribution in [0.15, 0.2) is 48.7 Å².